The molecular formula is C38H51N3O6Si. The molecule has 0 aromatic heterocycles. The zero-order chi connectivity index (χ0) is 35.5. The Balaban J connectivity index is 1.89. The van der Waals surface area contributed by atoms with E-state index >= 15 is 0 Å². The summed E-state index contributed by atoms with van der Waals surface area (Å²) >= 11 is 0. The second-order valence-electron chi connectivity index (χ2n) is 13.8. The summed E-state index contributed by atoms with van der Waals surface area (Å²) in [7, 11) is -3.14. The van der Waals surface area contributed by atoms with Gasteiger partial charge in [-0.25, -0.2) is 4.79 Å². The van der Waals surface area contributed by atoms with E-state index in [0.29, 0.717) is 12.8 Å². The van der Waals surface area contributed by atoms with Crippen molar-refractivity contribution < 1.29 is 28.7 Å². The summed E-state index contributed by atoms with van der Waals surface area (Å²) in [5.41, 5.74) is 1.01. The number of carbonyl (C=O) groups is 4. The number of carbonyl (C=O) groups excluding carboxylic acids is 3. The van der Waals surface area contributed by atoms with Crippen molar-refractivity contribution in [2.75, 3.05) is 0 Å². The largest absolute Gasteiger partial charge is 0.480 e. The van der Waals surface area contributed by atoms with Crippen molar-refractivity contribution in [2.45, 2.75) is 97.0 Å². The topological polar surface area (TPSA) is 134 Å². The number of aryl methyl sites for hydroxylation is 1. The van der Waals surface area contributed by atoms with E-state index in [1.165, 1.54) is 6.92 Å². The van der Waals surface area contributed by atoms with Crippen LogP contribution in [0.4, 0.5) is 0 Å². The van der Waals surface area contributed by atoms with Crippen molar-refractivity contribution >= 4 is 42.4 Å². The standard InChI is InChI=1S/C38H51N3O6Si/c1-26(2)25-33(40-35(43)32(39-28(4)42)24-23-29-17-11-8-12-18-29)36(44)41-34(37(45)46)27(3)47-48(38(5,6)7,30-19-13-9-14-20-30)31-21-15-10-16-22-31/h8-22,26-27,32-34H,23-25H2,1-7H3,(H,39,42)(H,40,43)(H,41,44)(H,45,46)/t27-,32+,33+,34+/m1/s1. The van der Waals surface area contributed by atoms with Gasteiger partial charge in [-0.1, -0.05) is 126 Å². The van der Waals surface area contributed by atoms with Crippen LogP contribution in [0.1, 0.15) is 66.9 Å². The quantitative estimate of drug-likeness (QED) is 0.169. The molecule has 0 saturated carbocycles. The molecule has 4 atom stereocenters. The number of rotatable bonds is 16. The highest BCUT2D eigenvalue weighted by Crippen LogP contribution is 2.37. The summed E-state index contributed by atoms with van der Waals surface area (Å²) < 4.78 is 7.01. The van der Waals surface area contributed by atoms with Crippen molar-refractivity contribution in [3.8, 4) is 0 Å². The third-order valence-corrected chi connectivity index (χ3v) is 13.5. The van der Waals surface area contributed by atoms with Gasteiger partial charge in [-0.2, -0.15) is 0 Å². The lowest BCUT2D eigenvalue weighted by Gasteiger charge is -2.45. The van der Waals surface area contributed by atoms with Gasteiger partial charge in [0.05, 0.1) is 6.10 Å². The van der Waals surface area contributed by atoms with Gasteiger partial charge in [-0.3, -0.25) is 14.4 Å². The fourth-order valence-electron chi connectivity index (χ4n) is 6.12. The van der Waals surface area contributed by atoms with E-state index in [-0.39, 0.29) is 18.2 Å². The lowest BCUT2D eigenvalue weighted by Crippen LogP contribution is -2.69. The van der Waals surface area contributed by atoms with Crippen LogP contribution in [0.3, 0.4) is 0 Å². The first-order chi connectivity index (χ1) is 22.7. The molecule has 0 unspecified atom stereocenters. The van der Waals surface area contributed by atoms with Gasteiger partial charge in [-0.05, 0) is 53.1 Å². The van der Waals surface area contributed by atoms with E-state index in [0.717, 1.165) is 15.9 Å². The maximum absolute atomic E-state index is 13.8. The predicted molar refractivity (Wildman–Crippen MR) is 191 cm³/mol. The van der Waals surface area contributed by atoms with Gasteiger partial charge in [0, 0.05) is 6.92 Å². The summed E-state index contributed by atoms with van der Waals surface area (Å²) in [5, 5.41) is 20.2. The zero-order valence-corrected chi connectivity index (χ0v) is 30.2. The molecule has 3 amide bonds. The minimum atomic E-state index is -3.14. The minimum absolute atomic E-state index is 0.00125. The second kappa shape index (κ2) is 17.2. The second-order valence-corrected chi connectivity index (χ2v) is 18.0. The van der Waals surface area contributed by atoms with E-state index in [9.17, 15) is 24.3 Å². The van der Waals surface area contributed by atoms with E-state index < -0.39 is 55.4 Å². The lowest BCUT2D eigenvalue weighted by molar-refractivity contribution is -0.145. The molecule has 0 bridgehead atoms. The first kappa shape index (κ1) is 38.2. The van der Waals surface area contributed by atoms with Gasteiger partial charge >= 0.3 is 5.97 Å². The molecule has 0 heterocycles. The van der Waals surface area contributed by atoms with Crippen LogP contribution in [0, 0.1) is 5.92 Å². The molecule has 0 aliphatic rings. The van der Waals surface area contributed by atoms with Crippen molar-refractivity contribution in [1.82, 2.24) is 16.0 Å². The van der Waals surface area contributed by atoms with Crippen molar-refractivity contribution in [3.63, 3.8) is 0 Å². The molecule has 0 aliphatic carbocycles. The molecule has 48 heavy (non-hydrogen) atoms. The van der Waals surface area contributed by atoms with E-state index in [1.807, 2.05) is 105 Å². The van der Waals surface area contributed by atoms with Crippen LogP contribution >= 0.6 is 0 Å². The number of carboxylic acid groups (broad SMARTS) is 1. The fraction of sp³-hybridized carbons (Fsp3) is 0.421. The zero-order valence-electron chi connectivity index (χ0n) is 29.2. The Bertz CT molecular complexity index is 1460. The summed E-state index contributed by atoms with van der Waals surface area (Å²) in [6.45, 7) is 13.1. The number of nitrogens with one attached hydrogen (secondary N) is 3. The first-order valence-electron chi connectivity index (χ1n) is 16.6. The number of carboxylic acids is 1. The molecule has 0 spiro atoms. The van der Waals surface area contributed by atoms with Crippen LogP contribution in [-0.2, 0) is 30.0 Å². The molecule has 3 aromatic carbocycles. The molecule has 3 rings (SSSR count). The normalized spacial score (nSPS) is 14.3. The fourth-order valence-corrected chi connectivity index (χ4v) is 10.8. The van der Waals surface area contributed by atoms with Crippen LogP contribution in [-0.4, -0.2) is 61.3 Å². The van der Waals surface area contributed by atoms with Crippen LogP contribution in [0.15, 0.2) is 91.0 Å². The smallest absolute Gasteiger partial charge is 0.328 e. The maximum atomic E-state index is 13.8. The monoisotopic (exact) mass is 673 g/mol. The van der Waals surface area contributed by atoms with Gasteiger partial charge < -0.3 is 25.5 Å². The highest BCUT2D eigenvalue weighted by atomic mass is 28.4. The molecule has 0 saturated heterocycles. The number of amides is 3. The van der Waals surface area contributed by atoms with Gasteiger partial charge in [0.15, 0.2) is 6.04 Å². The van der Waals surface area contributed by atoms with Crippen LogP contribution in [0.25, 0.3) is 0 Å². The third kappa shape index (κ3) is 10.1. The molecule has 3 aromatic rings. The Hall–Kier alpha value is -4.28. The molecular weight excluding hydrogens is 623 g/mol. The van der Waals surface area contributed by atoms with Crippen LogP contribution in [0.5, 0.6) is 0 Å². The minimum Gasteiger partial charge on any atom is -0.480 e. The van der Waals surface area contributed by atoms with E-state index in [1.54, 1.807) is 6.92 Å². The molecule has 10 heteroatoms. The molecule has 0 fully saturated rings. The number of hydrogen-bond acceptors (Lipinski definition) is 5. The Labute approximate surface area is 286 Å². The van der Waals surface area contributed by atoms with E-state index in [2.05, 4.69) is 36.7 Å². The third-order valence-electron chi connectivity index (χ3n) is 8.41. The Kier molecular flexibility index (Phi) is 13.7. The van der Waals surface area contributed by atoms with Crippen LogP contribution in [0.2, 0.25) is 5.04 Å². The maximum Gasteiger partial charge on any atom is 0.328 e. The summed E-state index contributed by atoms with van der Waals surface area (Å²) in [6, 6.07) is 26.0. The summed E-state index contributed by atoms with van der Waals surface area (Å²) in [5.74, 6) is -2.76. The molecule has 258 valence electrons. The van der Waals surface area contributed by atoms with Crippen LogP contribution < -0.4 is 26.3 Å². The average molecular weight is 674 g/mol. The number of aliphatic carboxylic acids is 1. The Morgan fingerprint density at radius 2 is 1.21 bits per heavy atom. The Morgan fingerprint density at radius 3 is 1.65 bits per heavy atom. The summed E-state index contributed by atoms with van der Waals surface area (Å²) in [4.78, 5) is 52.2. The van der Waals surface area contributed by atoms with Gasteiger partial charge in [0.2, 0.25) is 17.7 Å². The highest BCUT2D eigenvalue weighted by Gasteiger charge is 2.52. The van der Waals surface area contributed by atoms with Gasteiger partial charge in [0.1, 0.15) is 12.1 Å². The molecule has 9 nitrogen and oxygen atoms in total. The Morgan fingerprint density at radius 1 is 0.729 bits per heavy atom. The first-order valence-corrected chi connectivity index (χ1v) is 18.5. The molecule has 0 radical (unpaired) electrons. The highest BCUT2D eigenvalue weighted by molar-refractivity contribution is 6.99. The number of hydrogen-bond donors (Lipinski definition) is 4. The van der Waals surface area contributed by atoms with Crippen molar-refractivity contribution in [3.05, 3.63) is 96.6 Å². The molecule has 0 aliphatic heterocycles. The average Bonchev–Trinajstić information content (AvgIpc) is 3.04. The van der Waals surface area contributed by atoms with Gasteiger partial charge in [-0.15, -0.1) is 0 Å². The SMILES string of the molecule is CC(=O)N[C@@H](CCc1ccccc1)C(=O)N[C@@H](CC(C)C)C(=O)N[C@H](C(=O)O)[C@@H](C)O[Si](c1ccccc1)(c1ccccc1)C(C)(C)C. The van der Waals surface area contributed by atoms with Gasteiger partial charge in [0.25, 0.3) is 8.32 Å². The van der Waals surface area contributed by atoms with Crippen molar-refractivity contribution in [1.29, 1.82) is 0 Å². The number of benzene rings is 3. The van der Waals surface area contributed by atoms with E-state index in [4.69, 9.17) is 4.43 Å². The van der Waals surface area contributed by atoms with Crippen molar-refractivity contribution in [2.24, 2.45) is 5.92 Å². The molecule has 4 N–H and O–H groups in total. The summed E-state index contributed by atoms with van der Waals surface area (Å²) in [6.07, 6.45) is 0.191. The predicted octanol–water partition coefficient (Wildman–Crippen LogP) is 4.19. The lowest BCUT2D eigenvalue weighted by atomic mass is 10.0.